The highest BCUT2D eigenvalue weighted by Crippen LogP contribution is 2.19. The van der Waals surface area contributed by atoms with Gasteiger partial charge in [-0.05, 0) is 13.3 Å². The van der Waals surface area contributed by atoms with Crippen LogP contribution in [0.3, 0.4) is 0 Å². The van der Waals surface area contributed by atoms with Crippen LogP contribution in [0.5, 0.6) is 0 Å². The molecule has 0 radical (unpaired) electrons. The van der Waals surface area contributed by atoms with Crippen LogP contribution in [0.15, 0.2) is 0 Å². The van der Waals surface area contributed by atoms with Crippen molar-refractivity contribution in [1.82, 2.24) is 20.4 Å². The van der Waals surface area contributed by atoms with E-state index < -0.39 is 6.04 Å². The van der Waals surface area contributed by atoms with E-state index in [0.717, 1.165) is 6.54 Å². The smallest absolute Gasteiger partial charge is 0.285 e. The zero-order valence-corrected chi connectivity index (χ0v) is 11.8. The van der Waals surface area contributed by atoms with Gasteiger partial charge in [0, 0.05) is 19.6 Å². The van der Waals surface area contributed by atoms with Crippen LogP contribution in [-0.4, -0.2) is 52.6 Å². The van der Waals surface area contributed by atoms with Gasteiger partial charge in [-0.15, -0.1) is 10.2 Å². The molecule has 1 aliphatic rings. The number of aromatic nitrogens is 2. The third-order valence-electron chi connectivity index (χ3n) is 2.91. The molecule has 1 aromatic rings. The zero-order chi connectivity index (χ0) is 13.8. The van der Waals surface area contributed by atoms with E-state index >= 15 is 0 Å². The monoisotopic (exact) mass is 283 g/mol. The predicted octanol–water partition coefficient (Wildman–Crippen LogP) is 0.320. The van der Waals surface area contributed by atoms with Gasteiger partial charge in [0.1, 0.15) is 6.04 Å². The van der Waals surface area contributed by atoms with E-state index in [2.05, 4.69) is 20.8 Å². The number of nitrogens with one attached hydrogen (secondary N) is 2. The van der Waals surface area contributed by atoms with Crippen LogP contribution in [0.25, 0.3) is 0 Å². The second kappa shape index (κ2) is 5.96. The van der Waals surface area contributed by atoms with Gasteiger partial charge >= 0.3 is 0 Å². The van der Waals surface area contributed by atoms with Crippen LogP contribution in [0.4, 0.5) is 5.13 Å². The lowest BCUT2D eigenvalue weighted by Crippen LogP contribution is -2.56. The molecule has 2 N–H and O–H groups in total. The second-order valence-corrected chi connectivity index (χ2v) is 5.13. The molecular weight excluding hydrogens is 266 g/mol. The van der Waals surface area contributed by atoms with Crippen LogP contribution >= 0.6 is 11.3 Å². The van der Waals surface area contributed by atoms with Crippen molar-refractivity contribution in [3.8, 4) is 0 Å². The molecule has 7 nitrogen and oxygen atoms in total. The van der Waals surface area contributed by atoms with Crippen molar-refractivity contribution in [1.29, 1.82) is 0 Å². The molecule has 104 valence electrons. The van der Waals surface area contributed by atoms with Crippen molar-refractivity contribution in [3.63, 3.8) is 0 Å². The number of piperazine rings is 1. The van der Waals surface area contributed by atoms with Crippen molar-refractivity contribution in [2.75, 3.05) is 25.0 Å². The maximum absolute atomic E-state index is 12.4. The fourth-order valence-electron chi connectivity index (χ4n) is 2.02. The van der Waals surface area contributed by atoms with Crippen molar-refractivity contribution in [2.45, 2.75) is 26.3 Å². The van der Waals surface area contributed by atoms with Crippen molar-refractivity contribution in [2.24, 2.45) is 0 Å². The van der Waals surface area contributed by atoms with Crippen LogP contribution < -0.4 is 10.6 Å². The first-order valence-electron chi connectivity index (χ1n) is 6.33. The van der Waals surface area contributed by atoms with Gasteiger partial charge in [0.25, 0.3) is 5.91 Å². The molecule has 2 amide bonds. The van der Waals surface area contributed by atoms with Gasteiger partial charge in [0.2, 0.25) is 16.0 Å². The maximum Gasteiger partial charge on any atom is 0.285 e. The number of rotatable bonds is 4. The predicted molar refractivity (Wildman–Crippen MR) is 72.2 cm³/mol. The Balaban J connectivity index is 2.14. The number of anilines is 1. The molecule has 1 fully saturated rings. The molecule has 19 heavy (non-hydrogen) atoms. The molecule has 2 heterocycles. The van der Waals surface area contributed by atoms with Crippen LogP contribution in [0.1, 0.15) is 30.1 Å². The molecule has 0 aromatic carbocycles. The Kier molecular flexibility index (Phi) is 4.31. The number of carbonyl (C=O) groups excluding carboxylic acids is 2. The minimum atomic E-state index is -0.410. The summed E-state index contributed by atoms with van der Waals surface area (Å²) in [6.45, 7) is 5.57. The lowest BCUT2D eigenvalue weighted by atomic mass is 10.1. The molecule has 8 heteroatoms. The number of hydrogen-bond donors (Lipinski definition) is 2. The highest BCUT2D eigenvalue weighted by atomic mass is 32.1. The summed E-state index contributed by atoms with van der Waals surface area (Å²) in [5.74, 6) is -0.318. The quantitative estimate of drug-likeness (QED) is 0.831. The van der Waals surface area contributed by atoms with Gasteiger partial charge in [0.15, 0.2) is 0 Å². The fourth-order valence-corrected chi connectivity index (χ4v) is 2.79. The zero-order valence-electron chi connectivity index (χ0n) is 11.0. The Morgan fingerprint density at radius 1 is 1.53 bits per heavy atom. The van der Waals surface area contributed by atoms with Crippen LogP contribution in [0, 0.1) is 0 Å². The molecule has 1 unspecified atom stereocenters. The number of nitrogens with zero attached hydrogens (tertiary/aromatic N) is 3. The highest BCUT2D eigenvalue weighted by molar-refractivity contribution is 7.17. The van der Waals surface area contributed by atoms with Gasteiger partial charge < -0.3 is 15.5 Å². The van der Waals surface area contributed by atoms with E-state index in [1.165, 1.54) is 11.3 Å². The summed E-state index contributed by atoms with van der Waals surface area (Å²) < 4.78 is 0. The van der Waals surface area contributed by atoms with Gasteiger partial charge in [-0.25, -0.2) is 0 Å². The second-order valence-electron chi connectivity index (χ2n) is 4.16. The molecule has 0 spiro atoms. The molecular formula is C11H17N5O2S. The third-order valence-corrected chi connectivity index (χ3v) is 3.78. The fraction of sp³-hybridized carbons (Fsp3) is 0.636. The summed E-state index contributed by atoms with van der Waals surface area (Å²) in [6, 6.07) is -0.410. The Labute approximate surface area is 115 Å². The molecule has 1 aromatic heterocycles. The Morgan fingerprint density at radius 2 is 2.32 bits per heavy atom. The molecule has 2 rings (SSSR count). The molecule has 1 aliphatic heterocycles. The molecule has 0 saturated carbocycles. The Morgan fingerprint density at radius 3 is 3.00 bits per heavy atom. The van der Waals surface area contributed by atoms with Gasteiger partial charge in [-0.1, -0.05) is 18.3 Å². The van der Waals surface area contributed by atoms with E-state index in [1.807, 2.05) is 13.8 Å². The first-order chi connectivity index (χ1) is 9.17. The third kappa shape index (κ3) is 2.83. The summed E-state index contributed by atoms with van der Waals surface area (Å²) in [7, 11) is 0. The summed E-state index contributed by atoms with van der Waals surface area (Å²) in [5.41, 5.74) is 0. The van der Waals surface area contributed by atoms with Crippen molar-refractivity contribution >= 4 is 28.3 Å². The largest absolute Gasteiger partial charge is 0.360 e. The molecule has 1 saturated heterocycles. The Hall–Kier alpha value is -1.70. The van der Waals surface area contributed by atoms with Crippen LogP contribution in [0.2, 0.25) is 0 Å². The first kappa shape index (κ1) is 13.7. The lowest BCUT2D eigenvalue weighted by Gasteiger charge is -2.33. The number of amides is 2. The van der Waals surface area contributed by atoms with Crippen molar-refractivity contribution in [3.05, 3.63) is 5.01 Å². The Bertz CT molecular complexity index is 475. The normalized spacial score (nSPS) is 19.2. The average molecular weight is 283 g/mol. The highest BCUT2D eigenvalue weighted by Gasteiger charge is 2.33. The number of hydrogen-bond acceptors (Lipinski definition) is 6. The summed E-state index contributed by atoms with van der Waals surface area (Å²) >= 11 is 1.22. The summed E-state index contributed by atoms with van der Waals surface area (Å²) in [4.78, 5) is 25.7. The number of carbonyl (C=O) groups is 2. The van der Waals surface area contributed by atoms with Gasteiger partial charge in [0.05, 0.1) is 0 Å². The maximum atomic E-state index is 12.4. The van der Waals surface area contributed by atoms with E-state index in [-0.39, 0.29) is 11.8 Å². The van der Waals surface area contributed by atoms with E-state index in [1.54, 1.807) is 4.90 Å². The average Bonchev–Trinajstić information content (AvgIpc) is 2.86. The molecule has 0 bridgehead atoms. The topological polar surface area (TPSA) is 87.2 Å². The van der Waals surface area contributed by atoms with E-state index in [9.17, 15) is 9.59 Å². The molecule has 1 atom stereocenters. The van der Waals surface area contributed by atoms with E-state index in [0.29, 0.717) is 29.6 Å². The standard InChI is InChI=1S/C11H17N5O2S/c1-3-7-8(17)13-5-6-16(7)10(18)9-14-15-11(19-9)12-4-2/h7H,3-6H2,1-2H3,(H,12,15)(H,13,17). The lowest BCUT2D eigenvalue weighted by molar-refractivity contribution is -0.127. The molecule has 0 aliphatic carbocycles. The van der Waals surface area contributed by atoms with Gasteiger partial charge in [-0.3, -0.25) is 9.59 Å². The summed E-state index contributed by atoms with van der Waals surface area (Å²) in [6.07, 6.45) is 0.594. The van der Waals surface area contributed by atoms with E-state index in [4.69, 9.17) is 0 Å². The SMILES string of the molecule is CCNc1nnc(C(=O)N2CCNC(=O)C2CC)s1. The first-order valence-corrected chi connectivity index (χ1v) is 7.15. The minimum Gasteiger partial charge on any atom is -0.360 e. The minimum absolute atomic E-state index is 0.0986. The van der Waals surface area contributed by atoms with Gasteiger partial charge in [-0.2, -0.15) is 0 Å². The summed E-state index contributed by atoms with van der Waals surface area (Å²) in [5, 5.41) is 14.5. The van der Waals surface area contributed by atoms with Crippen LogP contribution in [-0.2, 0) is 4.79 Å². The van der Waals surface area contributed by atoms with Crippen molar-refractivity contribution < 1.29 is 9.59 Å².